The number of carboxylic acids is 1. The van der Waals surface area contributed by atoms with E-state index in [-0.39, 0.29) is 18.0 Å². The van der Waals surface area contributed by atoms with Crippen molar-refractivity contribution in [3.63, 3.8) is 0 Å². The zero-order valence-corrected chi connectivity index (χ0v) is 11.9. The van der Waals surface area contributed by atoms with Gasteiger partial charge in [0.2, 0.25) is 0 Å². The number of amides is 2. The summed E-state index contributed by atoms with van der Waals surface area (Å²) < 4.78 is 0. The van der Waals surface area contributed by atoms with Gasteiger partial charge in [-0.1, -0.05) is 12.8 Å². The molecule has 1 saturated heterocycles. The molecule has 3 aliphatic rings. The lowest BCUT2D eigenvalue weighted by atomic mass is 9.85. The van der Waals surface area contributed by atoms with Gasteiger partial charge in [-0.05, 0) is 44.4 Å². The lowest BCUT2D eigenvalue weighted by molar-refractivity contribution is -0.141. The Labute approximate surface area is 119 Å². The normalized spacial score (nSPS) is 36.7. The van der Waals surface area contributed by atoms with E-state index in [2.05, 4.69) is 5.32 Å². The van der Waals surface area contributed by atoms with Crippen molar-refractivity contribution in [1.29, 1.82) is 0 Å². The highest BCUT2D eigenvalue weighted by atomic mass is 16.4. The Hall–Kier alpha value is -1.26. The second kappa shape index (κ2) is 5.62. The minimum Gasteiger partial charge on any atom is -0.481 e. The topological polar surface area (TPSA) is 69.6 Å². The van der Waals surface area contributed by atoms with Crippen molar-refractivity contribution >= 4 is 12.0 Å². The summed E-state index contributed by atoms with van der Waals surface area (Å²) in [6.07, 6.45) is 8.15. The molecule has 4 atom stereocenters. The highest BCUT2D eigenvalue weighted by molar-refractivity contribution is 5.76. The van der Waals surface area contributed by atoms with Gasteiger partial charge < -0.3 is 15.3 Å². The Morgan fingerprint density at radius 2 is 1.85 bits per heavy atom. The van der Waals surface area contributed by atoms with Gasteiger partial charge in [-0.2, -0.15) is 0 Å². The third-order valence-corrected chi connectivity index (χ3v) is 5.38. The molecule has 2 N–H and O–H groups in total. The smallest absolute Gasteiger partial charge is 0.317 e. The molecule has 1 heterocycles. The number of nitrogens with one attached hydrogen (secondary N) is 1. The zero-order valence-electron chi connectivity index (χ0n) is 11.9. The molecule has 0 aromatic carbocycles. The fourth-order valence-corrected chi connectivity index (χ4v) is 4.25. The average Bonchev–Trinajstić information content (AvgIpc) is 3.04. The van der Waals surface area contributed by atoms with Crippen molar-refractivity contribution in [3.05, 3.63) is 0 Å². The van der Waals surface area contributed by atoms with Gasteiger partial charge in [0, 0.05) is 18.6 Å². The van der Waals surface area contributed by atoms with Crippen LogP contribution in [0.3, 0.4) is 0 Å². The predicted octanol–water partition coefficient (Wildman–Crippen LogP) is 2.21. The molecule has 5 nitrogen and oxygen atoms in total. The number of carbonyl (C=O) groups excluding carboxylic acids is 1. The van der Waals surface area contributed by atoms with Crippen molar-refractivity contribution in [2.24, 2.45) is 11.8 Å². The van der Waals surface area contributed by atoms with E-state index in [0.717, 1.165) is 25.8 Å². The first kappa shape index (κ1) is 13.7. The number of hydrogen-bond donors (Lipinski definition) is 2. The lowest BCUT2D eigenvalue weighted by Gasteiger charge is -2.32. The first-order chi connectivity index (χ1) is 9.65. The van der Waals surface area contributed by atoms with Crippen molar-refractivity contribution in [2.45, 2.75) is 63.5 Å². The first-order valence-corrected chi connectivity index (χ1v) is 7.95. The van der Waals surface area contributed by atoms with E-state index in [0.29, 0.717) is 24.8 Å². The molecule has 0 spiro atoms. The highest BCUT2D eigenvalue weighted by Gasteiger charge is 2.39. The number of nitrogens with zero attached hydrogens (tertiary/aromatic N) is 1. The van der Waals surface area contributed by atoms with Crippen LogP contribution in [0.5, 0.6) is 0 Å². The van der Waals surface area contributed by atoms with Gasteiger partial charge >= 0.3 is 12.0 Å². The standard InChI is InChI=1S/C15H24N2O3/c18-14(19)11-5-6-12(9-11)16-15(20)17-8-7-10-3-1-2-4-13(10)17/h10-13H,1-9H2,(H,16,20)(H,18,19). The van der Waals surface area contributed by atoms with E-state index in [9.17, 15) is 9.59 Å². The van der Waals surface area contributed by atoms with E-state index in [4.69, 9.17) is 5.11 Å². The summed E-state index contributed by atoms with van der Waals surface area (Å²) in [5, 5.41) is 12.1. The third-order valence-electron chi connectivity index (χ3n) is 5.38. The largest absolute Gasteiger partial charge is 0.481 e. The summed E-state index contributed by atoms with van der Waals surface area (Å²) in [7, 11) is 0. The predicted molar refractivity (Wildman–Crippen MR) is 74.4 cm³/mol. The molecule has 112 valence electrons. The monoisotopic (exact) mass is 280 g/mol. The number of fused-ring (bicyclic) bond motifs is 1. The van der Waals surface area contributed by atoms with Crippen molar-refractivity contribution < 1.29 is 14.7 Å². The van der Waals surface area contributed by atoms with Gasteiger partial charge in [0.1, 0.15) is 0 Å². The van der Waals surface area contributed by atoms with Crippen LogP contribution in [0.15, 0.2) is 0 Å². The molecule has 0 aromatic rings. The number of aliphatic carboxylic acids is 1. The maximum Gasteiger partial charge on any atom is 0.317 e. The van der Waals surface area contributed by atoms with Crippen LogP contribution in [0.25, 0.3) is 0 Å². The number of rotatable bonds is 2. The summed E-state index contributed by atoms with van der Waals surface area (Å²) >= 11 is 0. The van der Waals surface area contributed by atoms with Gasteiger partial charge in [0.05, 0.1) is 5.92 Å². The van der Waals surface area contributed by atoms with E-state index >= 15 is 0 Å². The molecule has 0 aromatic heterocycles. The van der Waals surface area contributed by atoms with Gasteiger partial charge in [0.25, 0.3) is 0 Å². The number of carbonyl (C=O) groups is 2. The summed E-state index contributed by atoms with van der Waals surface area (Å²) in [4.78, 5) is 25.4. The Morgan fingerprint density at radius 3 is 2.60 bits per heavy atom. The Bertz CT molecular complexity index is 399. The van der Waals surface area contributed by atoms with Crippen LogP contribution in [0.2, 0.25) is 0 Å². The molecule has 2 aliphatic carbocycles. The summed E-state index contributed by atoms with van der Waals surface area (Å²) in [6, 6.07) is 0.516. The van der Waals surface area contributed by atoms with Crippen LogP contribution in [-0.4, -0.2) is 40.6 Å². The van der Waals surface area contributed by atoms with Gasteiger partial charge in [-0.25, -0.2) is 4.79 Å². The van der Waals surface area contributed by atoms with Crippen LogP contribution < -0.4 is 5.32 Å². The number of urea groups is 1. The number of hydrogen-bond acceptors (Lipinski definition) is 2. The second-order valence-corrected chi connectivity index (χ2v) is 6.59. The van der Waals surface area contributed by atoms with E-state index in [1.165, 1.54) is 19.3 Å². The van der Waals surface area contributed by atoms with Gasteiger partial charge in [-0.3, -0.25) is 4.79 Å². The minimum absolute atomic E-state index is 0.0374. The fraction of sp³-hybridized carbons (Fsp3) is 0.867. The molecular weight excluding hydrogens is 256 g/mol. The van der Waals surface area contributed by atoms with Crippen LogP contribution in [0, 0.1) is 11.8 Å². The second-order valence-electron chi connectivity index (χ2n) is 6.59. The number of carboxylic acid groups (broad SMARTS) is 1. The molecular formula is C15H24N2O3. The summed E-state index contributed by atoms with van der Waals surface area (Å²) in [5.74, 6) is -0.304. The maximum absolute atomic E-state index is 12.4. The van der Waals surface area contributed by atoms with Crippen molar-refractivity contribution in [3.8, 4) is 0 Å². The fourth-order valence-electron chi connectivity index (χ4n) is 4.25. The van der Waals surface area contributed by atoms with Crippen LogP contribution in [0.1, 0.15) is 51.4 Å². The quantitative estimate of drug-likeness (QED) is 0.815. The molecule has 2 saturated carbocycles. The maximum atomic E-state index is 12.4. The van der Waals surface area contributed by atoms with Crippen LogP contribution >= 0.6 is 0 Å². The van der Waals surface area contributed by atoms with Crippen LogP contribution in [-0.2, 0) is 4.79 Å². The van der Waals surface area contributed by atoms with E-state index < -0.39 is 5.97 Å². The zero-order chi connectivity index (χ0) is 14.1. The van der Waals surface area contributed by atoms with E-state index in [1.54, 1.807) is 0 Å². The van der Waals surface area contributed by atoms with Gasteiger partial charge in [0.15, 0.2) is 0 Å². The third kappa shape index (κ3) is 2.63. The summed E-state index contributed by atoms with van der Waals surface area (Å²) in [6.45, 7) is 0.871. The average molecular weight is 280 g/mol. The van der Waals surface area contributed by atoms with Crippen molar-refractivity contribution in [2.75, 3.05) is 6.54 Å². The molecule has 3 rings (SSSR count). The highest BCUT2D eigenvalue weighted by Crippen LogP contribution is 2.36. The van der Waals surface area contributed by atoms with Crippen LogP contribution in [0.4, 0.5) is 4.79 Å². The van der Waals surface area contributed by atoms with Gasteiger partial charge in [-0.15, -0.1) is 0 Å². The molecule has 2 amide bonds. The Kier molecular flexibility index (Phi) is 3.85. The lowest BCUT2D eigenvalue weighted by Crippen LogP contribution is -2.47. The Balaban J connectivity index is 1.53. The van der Waals surface area contributed by atoms with Crippen molar-refractivity contribution in [1.82, 2.24) is 10.2 Å². The molecule has 0 bridgehead atoms. The molecule has 0 radical (unpaired) electrons. The molecule has 3 fully saturated rings. The Morgan fingerprint density at radius 1 is 1.05 bits per heavy atom. The molecule has 5 heteroatoms. The first-order valence-electron chi connectivity index (χ1n) is 7.95. The molecule has 20 heavy (non-hydrogen) atoms. The number of likely N-dealkylation sites (tertiary alicyclic amines) is 1. The molecule has 1 aliphatic heterocycles. The molecule has 4 unspecified atom stereocenters. The summed E-state index contributed by atoms with van der Waals surface area (Å²) in [5.41, 5.74) is 0. The minimum atomic E-state index is -0.727. The SMILES string of the molecule is O=C(O)C1CCC(NC(=O)N2CCC3CCCCC32)C1. The van der Waals surface area contributed by atoms with E-state index in [1.807, 2.05) is 4.90 Å².